The van der Waals surface area contributed by atoms with Crippen LogP contribution < -0.4 is 21.7 Å². The van der Waals surface area contributed by atoms with Crippen LogP contribution in [0.25, 0.3) is 0 Å². The Bertz CT molecular complexity index is 612. The molecule has 0 aliphatic heterocycles. The molecule has 0 unspecified atom stereocenters. The number of carbonyl (C=O) groups excluding carboxylic acids is 3. The van der Waals surface area contributed by atoms with Crippen molar-refractivity contribution in [2.24, 2.45) is 5.73 Å². The molecule has 0 aromatic carbocycles. The number of aliphatic hydroxyl groups excluding tert-OH is 3. The van der Waals surface area contributed by atoms with Crippen LogP contribution in [0.4, 0.5) is 0 Å². The molecule has 29 heavy (non-hydrogen) atoms. The van der Waals surface area contributed by atoms with E-state index in [0.29, 0.717) is 0 Å². The normalized spacial score (nSPS) is 15.9. The fourth-order valence-electron chi connectivity index (χ4n) is 1.95. The molecule has 166 valence electrons. The van der Waals surface area contributed by atoms with Crippen LogP contribution in [0.2, 0.25) is 0 Å². The van der Waals surface area contributed by atoms with Gasteiger partial charge in [0.15, 0.2) is 0 Å². The highest BCUT2D eigenvalue weighted by Gasteiger charge is 2.30. The molecule has 0 rings (SSSR count). The van der Waals surface area contributed by atoms with Crippen LogP contribution in [0.1, 0.15) is 19.8 Å². The van der Waals surface area contributed by atoms with Gasteiger partial charge in [0.05, 0.1) is 19.3 Å². The molecule has 0 fully saturated rings. The average Bonchev–Trinajstić information content (AvgIpc) is 2.65. The number of aliphatic carboxylic acids is 2. The van der Waals surface area contributed by atoms with Crippen LogP contribution in [0.5, 0.6) is 0 Å². The lowest BCUT2D eigenvalue weighted by Crippen LogP contribution is -2.59. The zero-order valence-electron chi connectivity index (χ0n) is 15.6. The number of amides is 3. The Hall–Kier alpha value is -2.81. The fourth-order valence-corrected chi connectivity index (χ4v) is 1.95. The first-order valence-corrected chi connectivity index (χ1v) is 8.45. The van der Waals surface area contributed by atoms with Gasteiger partial charge in [0.25, 0.3) is 0 Å². The predicted octanol–water partition coefficient (Wildman–Crippen LogP) is -4.92. The van der Waals surface area contributed by atoms with Crippen LogP contribution in [0.3, 0.4) is 0 Å². The third kappa shape index (κ3) is 9.29. The summed E-state index contributed by atoms with van der Waals surface area (Å²) in [6.45, 7) is -0.629. The zero-order chi connectivity index (χ0) is 22.7. The Labute approximate surface area is 165 Å². The van der Waals surface area contributed by atoms with Gasteiger partial charge in [0, 0.05) is 6.42 Å². The lowest BCUT2D eigenvalue weighted by molar-refractivity contribution is -0.143. The number of nitrogens with two attached hydrogens (primary N) is 1. The second-order valence-corrected chi connectivity index (χ2v) is 6.09. The third-order valence-corrected chi connectivity index (χ3v) is 3.72. The summed E-state index contributed by atoms with van der Waals surface area (Å²) in [5.74, 6) is -5.98. The summed E-state index contributed by atoms with van der Waals surface area (Å²) < 4.78 is 0. The van der Waals surface area contributed by atoms with Crippen LogP contribution in [0.15, 0.2) is 0 Å². The molecule has 0 aliphatic rings. The summed E-state index contributed by atoms with van der Waals surface area (Å²) in [6, 6.07) is -6.19. The molecular formula is C15H26N4O10. The molecule has 0 radical (unpaired) electrons. The highest BCUT2D eigenvalue weighted by molar-refractivity contribution is 5.94. The van der Waals surface area contributed by atoms with E-state index in [1.165, 1.54) is 6.92 Å². The highest BCUT2D eigenvalue weighted by atomic mass is 16.4. The van der Waals surface area contributed by atoms with Gasteiger partial charge in [-0.25, -0.2) is 4.79 Å². The summed E-state index contributed by atoms with van der Waals surface area (Å²) in [4.78, 5) is 57.7. The first kappa shape index (κ1) is 26.2. The molecule has 14 heteroatoms. The molecule has 5 atom stereocenters. The number of nitrogens with one attached hydrogen (secondary N) is 3. The van der Waals surface area contributed by atoms with Gasteiger partial charge in [0.2, 0.25) is 17.7 Å². The number of carboxylic acids is 2. The van der Waals surface area contributed by atoms with Crippen LogP contribution in [-0.2, 0) is 24.0 Å². The smallest absolute Gasteiger partial charge is 0.326 e. The van der Waals surface area contributed by atoms with Gasteiger partial charge in [-0.15, -0.1) is 0 Å². The summed E-state index contributed by atoms with van der Waals surface area (Å²) in [5, 5.41) is 51.5. The molecule has 0 bridgehead atoms. The van der Waals surface area contributed by atoms with Gasteiger partial charge in [-0.05, 0) is 13.3 Å². The first-order valence-electron chi connectivity index (χ1n) is 8.45. The zero-order valence-corrected chi connectivity index (χ0v) is 15.6. The Kier molecular flexibility index (Phi) is 11.4. The lowest BCUT2D eigenvalue weighted by Gasteiger charge is -2.23. The first-order chi connectivity index (χ1) is 13.4. The molecule has 0 saturated heterocycles. The molecule has 0 aromatic heterocycles. The Morgan fingerprint density at radius 2 is 1.24 bits per heavy atom. The van der Waals surface area contributed by atoms with Crippen molar-refractivity contribution in [1.29, 1.82) is 0 Å². The minimum Gasteiger partial charge on any atom is -0.481 e. The highest BCUT2D eigenvalue weighted by Crippen LogP contribution is 2.00. The van der Waals surface area contributed by atoms with E-state index in [1.54, 1.807) is 0 Å². The Morgan fingerprint density at radius 3 is 1.59 bits per heavy atom. The van der Waals surface area contributed by atoms with Crippen molar-refractivity contribution in [3.8, 4) is 0 Å². The molecular weight excluding hydrogens is 396 g/mol. The van der Waals surface area contributed by atoms with Gasteiger partial charge in [0.1, 0.15) is 24.2 Å². The molecule has 14 nitrogen and oxygen atoms in total. The maximum Gasteiger partial charge on any atom is 0.326 e. The van der Waals surface area contributed by atoms with Crippen LogP contribution >= 0.6 is 0 Å². The van der Waals surface area contributed by atoms with Gasteiger partial charge < -0.3 is 47.2 Å². The number of hydrogen-bond donors (Lipinski definition) is 9. The third-order valence-electron chi connectivity index (χ3n) is 3.72. The summed E-state index contributed by atoms with van der Waals surface area (Å²) in [5.41, 5.74) is 5.39. The number of carboxylic acid groups (broad SMARTS) is 2. The van der Waals surface area contributed by atoms with Crippen molar-refractivity contribution in [3.05, 3.63) is 0 Å². The maximum absolute atomic E-state index is 12.1. The van der Waals surface area contributed by atoms with E-state index in [1.807, 2.05) is 16.0 Å². The summed E-state index contributed by atoms with van der Waals surface area (Å²) in [7, 11) is 0. The maximum atomic E-state index is 12.1. The van der Waals surface area contributed by atoms with E-state index >= 15 is 0 Å². The average molecular weight is 422 g/mol. The van der Waals surface area contributed by atoms with E-state index < -0.39 is 86.0 Å². The molecule has 10 N–H and O–H groups in total. The number of hydrogen-bond acceptors (Lipinski definition) is 9. The Morgan fingerprint density at radius 1 is 0.828 bits per heavy atom. The summed E-state index contributed by atoms with van der Waals surface area (Å²) >= 11 is 0. The largest absolute Gasteiger partial charge is 0.481 e. The van der Waals surface area contributed by atoms with Crippen molar-refractivity contribution in [3.63, 3.8) is 0 Å². The molecule has 0 saturated carbocycles. The van der Waals surface area contributed by atoms with Crippen molar-refractivity contribution in [1.82, 2.24) is 16.0 Å². The van der Waals surface area contributed by atoms with E-state index in [4.69, 9.17) is 15.9 Å². The fraction of sp³-hybridized carbons (Fsp3) is 0.667. The SMILES string of the molecule is C[C@@H](O)[C@H](N)C(=O)N[C@@H](CO)C(=O)N[C@@H](CO)C(=O)N[C@@H](CCC(=O)O)C(=O)O. The Balaban J connectivity index is 5.01. The van der Waals surface area contributed by atoms with Crippen molar-refractivity contribution in [2.45, 2.75) is 50.0 Å². The second kappa shape index (κ2) is 12.6. The van der Waals surface area contributed by atoms with E-state index in [2.05, 4.69) is 0 Å². The molecule has 0 aliphatic carbocycles. The van der Waals surface area contributed by atoms with Crippen molar-refractivity contribution in [2.75, 3.05) is 13.2 Å². The number of aliphatic hydroxyl groups is 3. The molecule has 0 spiro atoms. The number of rotatable bonds is 13. The van der Waals surface area contributed by atoms with E-state index in [9.17, 15) is 39.3 Å². The number of carbonyl (C=O) groups is 5. The van der Waals surface area contributed by atoms with E-state index in [-0.39, 0.29) is 0 Å². The van der Waals surface area contributed by atoms with Crippen molar-refractivity contribution >= 4 is 29.7 Å². The quantitative estimate of drug-likeness (QED) is 0.136. The van der Waals surface area contributed by atoms with Crippen LogP contribution in [0, 0.1) is 0 Å². The minimum absolute atomic E-state index is 0.435. The topological polar surface area (TPSA) is 249 Å². The van der Waals surface area contributed by atoms with Gasteiger partial charge in [-0.3, -0.25) is 19.2 Å². The predicted molar refractivity (Wildman–Crippen MR) is 94.1 cm³/mol. The molecule has 3 amide bonds. The molecule has 0 heterocycles. The van der Waals surface area contributed by atoms with Crippen molar-refractivity contribution < 1.29 is 49.5 Å². The van der Waals surface area contributed by atoms with Gasteiger partial charge in [-0.1, -0.05) is 0 Å². The lowest BCUT2D eigenvalue weighted by atomic mass is 10.1. The molecule has 0 aromatic rings. The second-order valence-electron chi connectivity index (χ2n) is 6.09. The van der Waals surface area contributed by atoms with Crippen LogP contribution in [-0.4, -0.2) is 98.7 Å². The minimum atomic E-state index is -1.65. The van der Waals surface area contributed by atoms with Gasteiger partial charge >= 0.3 is 11.9 Å². The summed E-state index contributed by atoms with van der Waals surface area (Å²) in [6.07, 6.45) is -2.22. The standard InChI is InChI=1S/C15H26N4O10/c1-6(22)11(16)14(27)19-9(5-21)13(26)18-8(4-20)12(25)17-7(15(28)29)2-3-10(23)24/h6-9,11,20-22H,2-5,16H2,1H3,(H,17,25)(H,18,26)(H,19,27)(H,23,24)(H,28,29)/t6-,7+,8+,9+,11+/m1/s1. The van der Waals surface area contributed by atoms with E-state index in [0.717, 1.165) is 0 Å². The van der Waals surface area contributed by atoms with Gasteiger partial charge in [-0.2, -0.15) is 0 Å². The monoisotopic (exact) mass is 422 g/mol.